The minimum Gasteiger partial charge on any atom is -0.465 e. The van der Waals surface area contributed by atoms with Crippen LogP contribution in [-0.4, -0.2) is 24.1 Å². The maximum absolute atomic E-state index is 12.7. The van der Waals surface area contributed by atoms with E-state index in [-0.39, 0.29) is 17.5 Å². The monoisotopic (exact) mass is 420 g/mol. The highest BCUT2D eigenvalue weighted by atomic mass is 32.2. The number of rotatable bonds is 9. The number of carbonyl (C=O) groups excluding carboxylic acids is 2. The largest absolute Gasteiger partial charge is 0.465 e. The van der Waals surface area contributed by atoms with Crippen LogP contribution in [0.2, 0.25) is 0 Å². The van der Waals surface area contributed by atoms with Gasteiger partial charge in [0.25, 0.3) is 11.8 Å². The molecule has 1 heterocycles. The SMILES string of the molecule is Cc1cccc(C(=O)N/C(=C\c2ccco2)C(=O)NCCSCc2ccccc2)c1. The molecule has 6 heteroatoms. The molecule has 154 valence electrons. The lowest BCUT2D eigenvalue weighted by molar-refractivity contribution is -0.117. The molecule has 0 aliphatic rings. The van der Waals surface area contributed by atoms with Gasteiger partial charge in [-0.3, -0.25) is 9.59 Å². The maximum Gasteiger partial charge on any atom is 0.267 e. The Kier molecular flexibility index (Phi) is 7.92. The highest BCUT2D eigenvalue weighted by Crippen LogP contribution is 2.11. The van der Waals surface area contributed by atoms with Crippen LogP contribution in [0.5, 0.6) is 0 Å². The van der Waals surface area contributed by atoms with E-state index in [9.17, 15) is 9.59 Å². The molecule has 2 N–H and O–H groups in total. The average molecular weight is 421 g/mol. The van der Waals surface area contributed by atoms with E-state index in [4.69, 9.17) is 4.42 Å². The Morgan fingerprint density at radius 1 is 1.03 bits per heavy atom. The number of hydrogen-bond donors (Lipinski definition) is 2. The van der Waals surface area contributed by atoms with Crippen molar-refractivity contribution in [2.75, 3.05) is 12.3 Å². The lowest BCUT2D eigenvalue weighted by atomic mass is 10.1. The first-order valence-electron chi connectivity index (χ1n) is 9.65. The van der Waals surface area contributed by atoms with Gasteiger partial charge in [-0.1, -0.05) is 48.0 Å². The molecule has 30 heavy (non-hydrogen) atoms. The van der Waals surface area contributed by atoms with Gasteiger partial charge in [0.05, 0.1) is 6.26 Å². The van der Waals surface area contributed by atoms with Gasteiger partial charge in [-0.15, -0.1) is 0 Å². The summed E-state index contributed by atoms with van der Waals surface area (Å²) in [6.07, 6.45) is 3.05. The molecule has 3 rings (SSSR count). The van der Waals surface area contributed by atoms with E-state index in [0.717, 1.165) is 17.1 Å². The van der Waals surface area contributed by atoms with Gasteiger partial charge in [-0.2, -0.15) is 11.8 Å². The van der Waals surface area contributed by atoms with Crippen molar-refractivity contribution in [2.24, 2.45) is 0 Å². The van der Waals surface area contributed by atoms with Crippen molar-refractivity contribution in [1.82, 2.24) is 10.6 Å². The van der Waals surface area contributed by atoms with Gasteiger partial charge in [0.15, 0.2) is 0 Å². The number of carbonyl (C=O) groups is 2. The van der Waals surface area contributed by atoms with E-state index < -0.39 is 0 Å². The molecule has 0 aliphatic carbocycles. The number of amides is 2. The second-order valence-electron chi connectivity index (χ2n) is 6.69. The summed E-state index contributed by atoms with van der Waals surface area (Å²) in [6.45, 7) is 2.41. The fourth-order valence-electron chi connectivity index (χ4n) is 2.75. The van der Waals surface area contributed by atoms with Crippen molar-refractivity contribution in [3.63, 3.8) is 0 Å². The second-order valence-corrected chi connectivity index (χ2v) is 7.80. The summed E-state index contributed by atoms with van der Waals surface area (Å²) in [4.78, 5) is 25.3. The number of nitrogens with one attached hydrogen (secondary N) is 2. The van der Waals surface area contributed by atoms with Crippen LogP contribution in [0.15, 0.2) is 83.1 Å². The van der Waals surface area contributed by atoms with Crippen LogP contribution < -0.4 is 10.6 Å². The molecule has 2 aromatic carbocycles. The molecular formula is C24H24N2O3S. The smallest absolute Gasteiger partial charge is 0.267 e. The Hall–Kier alpha value is -3.25. The standard InChI is InChI=1S/C24H24N2O3S/c1-18-7-5-10-20(15-18)23(27)26-22(16-21-11-6-13-29-21)24(28)25-12-14-30-17-19-8-3-2-4-9-19/h2-11,13,15-16H,12,14,17H2,1H3,(H,25,28)(H,26,27)/b22-16-. The number of aryl methyl sites for hydroxylation is 1. The summed E-state index contributed by atoms with van der Waals surface area (Å²) in [5.41, 5.74) is 2.85. The second kappa shape index (κ2) is 11.1. The lowest BCUT2D eigenvalue weighted by Gasteiger charge is -2.11. The molecule has 0 atom stereocenters. The molecular weight excluding hydrogens is 396 g/mol. The molecule has 0 saturated heterocycles. The molecule has 0 unspecified atom stereocenters. The summed E-state index contributed by atoms with van der Waals surface area (Å²) in [5, 5.41) is 5.57. The number of thioether (sulfide) groups is 1. The Morgan fingerprint density at radius 3 is 2.60 bits per heavy atom. The maximum atomic E-state index is 12.7. The van der Waals surface area contributed by atoms with Crippen LogP contribution in [0, 0.1) is 6.92 Å². The molecule has 3 aromatic rings. The Morgan fingerprint density at radius 2 is 1.87 bits per heavy atom. The zero-order chi connectivity index (χ0) is 21.2. The lowest BCUT2D eigenvalue weighted by Crippen LogP contribution is -2.35. The third-order valence-corrected chi connectivity index (χ3v) is 5.28. The van der Waals surface area contributed by atoms with Gasteiger partial charge >= 0.3 is 0 Å². The van der Waals surface area contributed by atoms with E-state index >= 15 is 0 Å². The predicted octanol–water partition coefficient (Wildman–Crippen LogP) is 4.41. The minimum atomic E-state index is -0.354. The molecule has 0 saturated carbocycles. The van der Waals surface area contributed by atoms with E-state index in [1.54, 1.807) is 36.0 Å². The first kappa shape index (κ1) is 21.5. The van der Waals surface area contributed by atoms with Crippen LogP contribution >= 0.6 is 11.8 Å². The van der Waals surface area contributed by atoms with Crippen LogP contribution in [0.25, 0.3) is 6.08 Å². The summed E-state index contributed by atoms with van der Waals surface area (Å²) in [5.74, 6) is 1.44. The Balaban J connectivity index is 1.58. The number of hydrogen-bond acceptors (Lipinski definition) is 4. The molecule has 1 aromatic heterocycles. The molecule has 0 spiro atoms. The van der Waals surface area contributed by atoms with E-state index in [1.807, 2.05) is 37.3 Å². The van der Waals surface area contributed by atoms with Crippen LogP contribution in [0.3, 0.4) is 0 Å². The normalized spacial score (nSPS) is 11.2. The van der Waals surface area contributed by atoms with Crippen molar-refractivity contribution < 1.29 is 14.0 Å². The van der Waals surface area contributed by atoms with Crippen molar-refractivity contribution >= 4 is 29.7 Å². The topological polar surface area (TPSA) is 71.3 Å². The average Bonchev–Trinajstić information content (AvgIpc) is 3.27. The van der Waals surface area contributed by atoms with Gasteiger partial charge in [-0.05, 0) is 36.8 Å². The fraction of sp³-hybridized carbons (Fsp3) is 0.167. The Bertz CT molecular complexity index is 998. The third kappa shape index (κ3) is 6.67. The number of benzene rings is 2. The van der Waals surface area contributed by atoms with Crippen molar-refractivity contribution in [3.8, 4) is 0 Å². The van der Waals surface area contributed by atoms with Crippen LogP contribution in [0.1, 0.15) is 27.2 Å². The van der Waals surface area contributed by atoms with Gasteiger partial charge in [-0.25, -0.2) is 0 Å². The molecule has 0 radical (unpaired) electrons. The highest BCUT2D eigenvalue weighted by molar-refractivity contribution is 7.98. The Labute approximate surface area is 180 Å². The summed E-state index contributed by atoms with van der Waals surface area (Å²) < 4.78 is 5.30. The van der Waals surface area contributed by atoms with Crippen molar-refractivity contribution in [1.29, 1.82) is 0 Å². The van der Waals surface area contributed by atoms with Gasteiger partial charge in [0, 0.05) is 29.7 Å². The van der Waals surface area contributed by atoms with Crippen LogP contribution in [-0.2, 0) is 10.5 Å². The zero-order valence-electron chi connectivity index (χ0n) is 16.8. The molecule has 0 aliphatic heterocycles. The molecule has 0 bridgehead atoms. The van der Waals surface area contributed by atoms with E-state index in [1.165, 1.54) is 17.9 Å². The van der Waals surface area contributed by atoms with Crippen LogP contribution in [0.4, 0.5) is 0 Å². The zero-order valence-corrected chi connectivity index (χ0v) is 17.6. The molecule has 2 amide bonds. The van der Waals surface area contributed by atoms with Gasteiger partial charge in [0.1, 0.15) is 11.5 Å². The van der Waals surface area contributed by atoms with Gasteiger partial charge in [0.2, 0.25) is 0 Å². The van der Waals surface area contributed by atoms with Gasteiger partial charge < -0.3 is 15.1 Å². The third-order valence-electron chi connectivity index (χ3n) is 4.25. The molecule has 5 nitrogen and oxygen atoms in total. The fourth-order valence-corrected chi connectivity index (χ4v) is 3.57. The quantitative estimate of drug-likeness (QED) is 0.397. The summed E-state index contributed by atoms with van der Waals surface area (Å²) in [6, 6.07) is 20.8. The van der Waals surface area contributed by atoms with Crippen molar-refractivity contribution in [2.45, 2.75) is 12.7 Å². The van der Waals surface area contributed by atoms with E-state index in [0.29, 0.717) is 17.9 Å². The summed E-state index contributed by atoms with van der Waals surface area (Å²) >= 11 is 1.74. The first-order chi connectivity index (χ1) is 14.6. The first-order valence-corrected chi connectivity index (χ1v) is 10.8. The van der Waals surface area contributed by atoms with Crippen molar-refractivity contribution in [3.05, 3.63) is 101 Å². The predicted molar refractivity (Wildman–Crippen MR) is 121 cm³/mol. The minimum absolute atomic E-state index is 0.143. The molecule has 0 fully saturated rings. The number of furan rings is 1. The summed E-state index contributed by atoms with van der Waals surface area (Å²) in [7, 11) is 0. The van der Waals surface area contributed by atoms with E-state index in [2.05, 4.69) is 22.8 Å². The highest BCUT2D eigenvalue weighted by Gasteiger charge is 2.15.